The molecule has 2 aromatic rings. The van der Waals surface area contributed by atoms with Crippen molar-refractivity contribution in [2.75, 3.05) is 46.0 Å². The number of rotatable bonds is 6. The average molecular weight is 318 g/mol. The lowest BCUT2D eigenvalue weighted by molar-refractivity contribution is 0.0383. The second kappa shape index (κ2) is 7.48. The number of amides is 1. The number of carbonyl (C=O) groups is 1. The average Bonchev–Trinajstić information content (AvgIpc) is 3.05. The monoisotopic (exact) mass is 318 g/mol. The zero-order valence-electron chi connectivity index (χ0n) is 13.3. The quantitative estimate of drug-likeness (QED) is 0.881. The summed E-state index contributed by atoms with van der Waals surface area (Å²) in [5, 5.41) is 3.84. The summed E-state index contributed by atoms with van der Waals surface area (Å²) in [6.45, 7) is 7.27. The summed E-state index contributed by atoms with van der Waals surface area (Å²) in [5.41, 5.74) is 1.21. The van der Waals surface area contributed by atoms with Crippen LogP contribution in [0.25, 0.3) is 11.0 Å². The zero-order valence-corrected chi connectivity index (χ0v) is 13.3. The summed E-state index contributed by atoms with van der Waals surface area (Å²) in [4.78, 5) is 14.6. The highest BCUT2D eigenvalue weighted by atomic mass is 16.5. The standard InChI is InChI=1S/C17H22N2O4/c1-2-22-15-11-13(12-16-14(15)3-8-23-16)17(20)18-4-5-19-6-9-21-10-7-19/h3,8,11-12H,2,4-7,9-10H2,1H3,(H,18,20). The Bertz CT molecular complexity index is 662. The third-order valence-electron chi connectivity index (χ3n) is 3.91. The summed E-state index contributed by atoms with van der Waals surface area (Å²) >= 11 is 0. The van der Waals surface area contributed by atoms with Crippen molar-refractivity contribution in [1.82, 2.24) is 10.2 Å². The Morgan fingerprint density at radius 1 is 1.35 bits per heavy atom. The molecule has 0 atom stereocenters. The Kier molecular flexibility index (Phi) is 5.15. The first-order valence-electron chi connectivity index (χ1n) is 8.00. The van der Waals surface area contributed by atoms with Crippen LogP contribution in [0.3, 0.4) is 0 Å². The van der Waals surface area contributed by atoms with E-state index >= 15 is 0 Å². The van der Waals surface area contributed by atoms with Gasteiger partial charge in [0.25, 0.3) is 5.91 Å². The lowest BCUT2D eigenvalue weighted by Crippen LogP contribution is -2.41. The molecule has 0 aliphatic carbocycles. The highest BCUT2D eigenvalue weighted by molar-refractivity contribution is 5.99. The molecule has 0 radical (unpaired) electrons. The molecule has 0 spiro atoms. The van der Waals surface area contributed by atoms with Gasteiger partial charge in [-0.1, -0.05) is 0 Å². The minimum Gasteiger partial charge on any atom is -0.493 e. The Morgan fingerprint density at radius 3 is 2.96 bits per heavy atom. The van der Waals surface area contributed by atoms with Crippen molar-refractivity contribution in [3.63, 3.8) is 0 Å². The summed E-state index contributed by atoms with van der Waals surface area (Å²) < 4.78 is 16.3. The molecule has 23 heavy (non-hydrogen) atoms. The van der Waals surface area contributed by atoms with Gasteiger partial charge >= 0.3 is 0 Å². The Hall–Kier alpha value is -2.05. The van der Waals surface area contributed by atoms with Gasteiger partial charge in [-0.25, -0.2) is 0 Å². The molecule has 1 amide bonds. The fourth-order valence-corrected chi connectivity index (χ4v) is 2.70. The molecule has 1 aromatic carbocycles. The van der Waals surface area contributed by atoms with Crippen LogP contribution in [-0.2, 0) is 4.74 Å². The fraction of sp³-hybridized carbons (Fsp3) is 0.471. The molecule has 124 valence electrons. The number of nitrogens with zero attached hydrogens (tertiary/aromatic N) is 1. The number of furan rings is 1. The van der Waals surface area contributed by atoms with Crippen molar-refractivity contribution in [2.24, 2.45) is 0 Å². The second-order valence-electron chi connectivity index (χ2n) is 5.45. The molecule has 6 nitrogen and oxygen atoms in total. The maximum absolute atomic E-state index is 12.4. The predicted octanol–water partition coefficient (Wildman–Crippen LogP) is 1.89. The van der Waals surface area contributed by atoms with Gasteiger partial charge in [0.05, 0.1) is 31.5 Å². The smallest absolute Gasteiger partial charge is 0.251 e. The lowest BCUT2D eigenvalue weighted by atomic mass is 10.1. The van der Waals surface area contributed by atoms with E-state index < -0.39 is 0 Å². The number of morpholine rings is 1. The van der Waals surface area contributed by atoms with E-state index in [0.29, 0.717) is 30.0 Å². The first kappa shape index (κ1) is 15.8. The summed E-state index contributed by atoms with van der Waals surface area (Å²) in [6.07, 6.45) is 1.60. The van der Waals surface area contributed by atoms with Crippen LogP contribution in [0.5, 0.6) is 5.75 Å². The van der Waals surface area contributed by atoms with Crippen molar-refractivity contribution in [3.05, 3.63) is 30.0 Å². The van der Waals surface area contributed by atoms with E-state index in [4.69, 9.17) is 13.9 Å². The van der Waals surface area contributed by atoms with Gasteiger partial charge in [-0.05, 0) is 25.1 Å². The van der Waals surface area contributed by atoms with Crippen LogP contribution in [0.1, 0.15) is 17.3 Å². The molecule has 0 unspecified atom stereocenters. The third-order valence-corrected chi connectivity index (χ3v) is 3.91. The minimum atomic E-state index is -0.113. The molecule has 2 heterocycles. The second-order valence-corrected chi connectivity index (χ2v) is 5.45. The Labute approximate surface area is 135 Å². The molecular formula is C17H22N2O4. The summed E-state index contributed by atoms with van der Waals surface area (Å²) in [5.74, 6) is 0.564. The van der Waals surface area contributed by atoms with E-state index in [9.17, 15) is 4.79 Å². The highest BCUT2D eigenvalue weighted by Crippen LogP contribution is 2.28. The van der Waals surface area contributed by atoms with E-state index in [2.05, 4.69) is 10.2 Å². The number of hydrogen-bond acceptors (Lipinski definition) is 5. The van der Waals surface area contributed by atoms with Crippen molar-refractivity contribution < 1.29 is 18.7 Å². The topological polar surface area (TPSA) is 63.9 Å². The van der Waals surface area contributed by atoms with E-state index in [1.165, 1.54) is 0 Å². The molecular weight excluding hydrogens is 296 g/mol. The van der Waals surface area contributed by atoms with Crippen LogP contribution in [-0.4, -0.2) is 56.8 Å². The molecule has 1 aromatic heterocycles. The molecule has 0 saturated carbocycles. The van der Waals surface area contributed by atoms with E-state index in [0.717, 1.165) is 38.2 Å². The number of fused-ring (bicyclic) bond motifs is 1. The van der Waals surface area contributed by atoms with Crippen LogP contribution in [0.2, 0.25) is 0 Å². The maximum Gasteiger partial charge on any atom is 0.251 e. The lowest BCUT2D eigenvalue weighted by Gasteiger charge is -2.26. The van der Waals surface area contributed by atoms with Gasteiger partial charge in [-0.15, -0.1) is 0 Å². The molecule has 3 rings (SSSR count). The predicted molar refractivity (Wildman–Crippen MR) is 87.0 cm³/mol. The first-order valence-corrected chi connectivity index (χ1v) is 8.00. The normalized spacial score (nSPS) is 15.7. The van der Waals surface area contributed by atoms with Crippen molar-refractivity contribution in [3.8, 4) is 5.75 Å². The van der Waals surface area contributed by atoms with Gasteiger partial charge in [-0.2, -0.15) is 0 Å². The van der Waals surface area contributed by atoms with Crippen LogP contribution in [0, 0.1) is 0 Å². The van der Waals surface area contributed by atoms with Crippen LogP contribution < -0.4 is 10.1 Å². The molecule has 1 fully saturated rings. The van der Waals surface area contributed by atoms with Gasteiger partial charge < -0.3 is 19.2 Å². The van der Waals surface area contributed by atoms with Gasteiger partial charge in [0.2, 0.25) is 0 Å². The van der Waals surface area contributed by atoms with Crippen molar-refractivity contribution in [2.45, 2.75) is 6.92 Å². The highest BCUT2D eigenvalue weighted by Gasteiger charge is 2.14. The summed E-state index contributed by atoms with van der Waals surface area (Å²) in [6, 6.07) is 5.37. The maximum atomic E-state index is 12.4. The number of ether oxygens (including phenoxy) is 2. The van der Waals surface area contributed by atoms with E-state index in [-0.39, 0.29) is 5.91 Å². The molecule has 1 aliphatic rings. The SMILES string of the molecule is CCOc1cc(C(=O)NCCN2CCOCC2)cc2occc12. The third kappa shape index (κ3) is 3.83. The molecule has 6 heteroatoms. The zero-order chi connectivity index (χ0) is 16.1. The van der Waals surface area contributed by atoms with Gasteiger partial charge in [0.15, 0.2) is 0 Å². The Morgan fingerprint density at radius 2 is 2.17 bits per heavy atom. The summed E-state index contributed by atoms with van der Waals surface area (Å²) in [7, 11) is 0. The molecule has 0 bridgehead atoms. The minimum absolute atomic E-state index is 0.113. The number of hydrogen-bond donors (Lipinski definition) is 1. The number of carbonyl (C=O) groups excluding carboxylic acids is 1. The largest absolute Gasteiger partial charge is 0.493 e. The number of nitrogens with one attached hydrogen (secondary N) is 1. The van der Waals surface area contributed by atoms with E-state index in [1.54, 1.807) is 18.4 Å². The van der Waals surface area contributed by atoms with Gasteiger partial charge in [0, 0.05) is 31.7 Å². The van der Waals surface area contributed by atoms with Crippen LogP contribution in [0.4, 0.5) is 0 Å². The van der Waals surface area contributed by atoms with Gasteiger partial charge in [-0.3, -0.25) is 9.69 Å². The molecule has 1 saturated heterocycles. The van der Waals surface area contributed by atoms with Crippen LogP contribution >= 0.6 is 0 Å². The number of benzene rings is 1. The van der Waals surface area contributed by atoms with Gasteiger partial charge in [0.1, 0.15) is 11.3 Å². The molecule has 1 aliphatic heterocycles. The van der Waals surface area contributed by atoms with Crippen LogP contribution in [0.15, 0.2) is 28.9 Å². The Balaban J connectivity index is 1.63. The molecule has 1 N–H and O–H groups in total. The van der Waals surface area contributed by atoms with E-state index in [1.807, 2.05) is 13.0 Å². The first-order chi connectivity index (χ1) is 11.3. The van der Waals surface area contributed by atoms with Crippen molar-refractivity contribution in [1.29, 1.82) is 0 Å². The fourth-order valence-electron chi connectivity index (χ4n) is 2.70. The van der Waals surface area contributed by atoms with Crippen molar-refractivity contribution >= 4 is 16.9 Å².